The van der Waals surface area contributed by atoms with Gasteiger partial charge in [-0.05, 0) is 224 Å². The Labute approximate surface area is 589 Å². The highest BCUT2D eigenvalue weighted by atomic mass is 16.5. The van der Waals surface area contributed by atoms with Gasteiger partial charge in [-0.1, -0.05) is 62.1 Å². The van der Waals surface area contributed by atoms with E-state index >= 15 is 0 Å². The molecule has 0 radical (unpaired) electrons. The number of hydrogen-bond donors (Lipinski definition) is 7. The number of hydrogen-bond acceptors (Lipinski definition) is 21. The fourth-order valence-corrected chi connectivity index (χ4v) is 11.9. The Kier molecular flexibility index (Phi) is 28.9. The summed E-state index contributed by atoms with van der Waals surface area (Å²) >= 11 is 0. The van der Waals surface area contributed by atoms with Gasteiger partial charge < -0.3 is 61.5 Å². The average Bonchev–Trinajstić information content (AvgIpc) is 1.08. The van der Waals surface area contributed by atoms with E-state index in [4.69, 9.17) is 31.0 Å². The zero-order chi connectivity index (χ0) is 72.7. The van der Waals surface area contributed by atoms with Crippen LogP contribution in [0.3, 0.4) is 0 Å². The third kappa shape index (κ3) is 21.3. The number of aliphatic imine (C=N–C) groups is 1. The van der Waals surface area contributed by atoms with Gasteiger partial charge in [0.15, 0.2) is 11.7 Å². The molecule has 25 heteroatoms. The number of amidine groups is 2. The smallest absolute Gasteiger partial charge is 0.251 e. The molecule has 0 fully saturated rings. The second-order valence-corrected chi connectivity index (χ2v) is 26.5. The van der Waals surface area contributed by atoms with Gasteiger partial charge in [0.05, 0.1) is 61.5 Å². The first-order valence-corrected chi connectivity index (χ1v) is 34.1. The van der Waals surface area contributed by atoms with Crippen molar-refractivity contribution in [3.63, 3.8) is 0 Å². The molecule has 0 aliphatic heterocycles. The maximum Gasteiger partial charge on any atom is 0.251 e. The summed E-state index contributed by atoms with van der Waals surface area (Å²) in [4.78, 5) is 31.6. The summed E-state index contributed by atoms with van der Waals surface area (Å²) in [7, 11) is 16.6. The normalized spacial score (nSPS) is 11.7. The maximum absolute atomic E-state index is 8.07. The number of fused-ring (bicyclic) bond motifs is 4. The predicted molar refractivity (Wildman–Crippen MR) is 412 cm³/mol. The first-order chi connectivity index (χ1) is 47.8. The lowest BCUT2D eigenvalue weighted by Gasteiger charge is -2.16. The summed E-state index contributed by atoms with van der Waals surface area (Å²) in [5, 5.41) is 53.3. The number of benzene rings is 4. The number of anilines is 4. The first-order valence-electron chi connectivity index (χ1n) is 34.1. The number of nitrogens with two attached hydrogens (primary N) is 2. The first kappa shape index (κ1) is 77.4. The molecule has 25 nitrogen and oxygen atoms in total. The van der Waals surface area contributed by atoms with Crippen LogP contribution in [0.2, 0.25) is 0 Å². The third-order valence-electron chi connectivity index (χ3n) is 16.3. The number of nitrogens with zero attached hydrogens (tertiary/aromatic N) is 16. The van der Waals surface area contributed by atoms with Crippen LogP contribution in [0.25, 0.3) is 66.3 Å². The van der Waals surface area contributed by atoms with Crippen molar-refractivity contribution in [2.24, 2.45) is 37.4 Å². The van der Waals surface area contributed by atoms with Crippen molar-refractivity contribution >= 4 is 78.0 Å². The highest BCUT2D eigenvalue weighted by Gasteiger charge is 2.21. The molecule has 0 bridgehead atoms. The van der Waals surface area contributed by atoms with Crippen LogP contribution in [-0.2, 0) is 0 Å². The van der Waals surface area contributed by atoms with Gasteiger partial charge >= 0.3 is 0 Å². The fraction of sp³-hybridized carbons (Fsp3) is 0.427. The van der Waals surface area contributed by atoms with E-state index in [-0.39, 0.29) is 5.84 Å². The van der Waals surface area contributed by atoms with Gasteiger partial charge in [0, 0.05) is 97.6 Å². The van der Waals surface area contributed by atoms with E-state index in [9.17, 15) is 0 Å². The highest BCUT2D eigenvalue weighted by molar-refractivity contribution is 6.11. The van der Waals surface area contributed by atoms with E-state index in [0.29, 0.717) is 29.7 Å². The molecule has 0 aliphatic carbocycles. The monoisotopic (exact) mass is 1360 g/mol. The molecule has 6 aromatic heterocycles. The molecule has 4 aromatic carbocycles. The molecular formula is C75H105N23O2. The standard InChI is InChI=1S/C20H26N4O.C19H29N7.C19H25N5O.C17H25N7/c1-13-9-14(2)19-16(10-13)20(21-7-6-8-24(4)5)17(12-22-19)18-11-15(3)25-23-18;1-6-21-19(24-25-20)16-12-23-17-14(3)10-13(2)11-15(17)18(16)22-8-7-9-26(4)5;1-12-9-13(2)17-15(10-12)18(20-7-6-8-24(4)5)16(11-21-17)19-23-22-14(3)25-19;1-11-8-12(2)15-13(9-11)16(20-6-5-7-24(3)4)14(10-21-15)17(18)22-23-19/h9-12H,6-8H2,1-5H3,(H,21,22);10-12H,6-9H2,1-5H3,(H,22,23)(H2,20,21,24);9-11H,6-8H2,1-5H3,(H,20,21);8-10H,5-7H2,1-4H3,(H,20,21)(H3,18,19,22). The third-order valence-corrected chi connectivity index (χ3v) is 16.3. The molecule has 100 heavy (non-hydrogen) atoms. The van der Waals surface area contributed by atoms with Gasteiger partial charge in [0.1, 0.15) is 11.5 Å². The van der Waals surface area contributed by atoms with Crippen LogP contribution in [0, 0.1) is 74.6 Å². The average molecular weight is 1360 g/mol. The molecule has 0 aliphatic rings. The summed E-state index contributed by atoms with van der Waals surface area (Å²) in [6.07, 6.45) is 11.3. The molecule has 6 heterocycles. The molecular weight excluding hydrogens is 1250 g/mol. The van der Waals surface area contributed by atoms with Crippen LogP contribution in [0.4, 0.5) is 22.7 Å². The van der Waals surface area contributed by atoms with E-state index < -0.39 is 0 Å². The lowest BCUT2D eigenvalue weighted by molar-refractivity contribution is 0.399. The van der Waals surface area contributed by atoms with Crippen LogP contribution in [0.15, 0.2) is 114 Å². The van der Waals surface area contributed by atoms with Crippen molar-refractivity contribution in [1.29, 1.82) is 5.41 Å². The Morgan fingerprint density at radius 2 is 0.830 bits per heavy atom. The van der Waals surface area contributed by atoms with Crippen molar-refractivity contribution in [1.82, 2.24) is 54.9 Å². The Balaban J connectivity index is 0.000000187. The molecule has 10 aromatic rings. The zero-order valence-corrected chi connectivity index (χ0v) is 62.3. The quantitative estimate of drug-likeness (QED) is 0.00698. The fourth-order valence-electron chi connectivity index (χ4n) is 11.9. The number of rotatable bonds is 25. The SMILES string of the molecule is CCN=C(N=NN)c1cnc2c(C)cc(C)cc2c1NCCCN(C)C.Cc1cc(C)c2ncc(-c3cc(C)on3)c(NCCCN(C)C)c2c1.Cc1cc(C)c2ncc(-c3nnc(C)o3)c(NCCCN(C)C)c2c1.Cc1cc(C)c2ncc(C(=N)N=NN)c(NCCCN(C)C)c2c1. The van der Waals surface area contributed by atoms with Gasteiger partial charge in [-0.15, -0.1) is 20.4 Å². The van der Waals surface area contributed by atoms with Gasteiger partial charge in [0.25, 0.3) is 5.89 Å². The molecule has 10 rings (SSSR count). The summed E-state index contributed by atoms with van der Waals surface area (Å²) in [6.45, 7) is 30.4. The summed E-state index contributed by atoms with van der Waals surface area (Å²) in [5.74, 6) is 12.7. The molecule has 9 N–H and O–H groups in total. The second kappa shape index (κ2) is 37.3. The highest BCUT2D eigenvalue weighted by Crippen LogP contribution is 2.38. The Hall–Kier alpha value is -9.95. The molecule has 0 amide bonds. The van der Waals surface area contributed by atoms with E-state index in [2.05, 4.69) is 250 Å². The number of pyridine rings is 4. The minimum atomic E-state index is 0.00108. The maximum atomic E-state index is 8.07. The van der Waals surface area contributed by atoms with E-state index in [0.717, 1.165) is 189 Å². The number of aromatic nitrogens is 7. The van der Waals surface area contributed by atoms with Gasteiger partial charge in [0.2, 0.25) is 5.89 Å². The van der Waals surface area contributed by atoms with Crippen molar-refractivity contribution < 1.29 is 8.94 Å². The largest absolute Gasteiger partial charge is 0.421 e. The Bertz CT molecular complexity index is 4320. The van der Waals surface area contributed by atoms with E-state index in [1.807, 2.05) is 45.4 Å². The summed E-state index contributed by atoms with van der Waals surface area (Å²) in [6, 6.07) is 19.1. The molecule has 532 valence electrons. The number of nitrogens with one attached hydrogen (secondary N) is 5. The molecule has 0 atom stereocenters. The minimum absolute atomic E-state index is 0.00108. The molecule has 0 unspecified atom stereocenters. The topological polar surface area (TPSA) is 315 Å². The van der Waals surface area contributed by atoms with Crippen molar-refractivity contribution in [2.45, 2.75) is 102 Å². The van der Waals surface area contributed by atoms with Crippen molar-refractivity contribution in [3.05, 3.63) is 147 Å². The van der Waals surface area contributed by atoms with Crippen LogP contribution in [0.5, 0.6) is 0 Å². The summed E-state index contributed by atoms with van der Waals surface area (Å²) < 4.78 is 10.9. The van der Waals surface area contributed by atoms with Crippen LogP contribution < -0.4 is 33.0 Å². The number of aryl methyl sites for hydroxylation is 10. The lowest BCUT2D eigenvalue weighted by Crippen LogP contribution is -2.17. The van der Waals surface area contributed by atoms with Crippen molar-refractivity contribution in [3.8, 4) is 22.7 Å². The van der Waals surface area contributed by atoms with Crippen LogP contribution >= 0.6 is 0 Å². The van der Waals surface area contributed by atoms with Gasteiger partial charge in [-0.2, -0.15) is 0 Å². The Morgan fingerprint density at radius 1 is 0.460 bits per heavy atom. The van der Waals surface area contributed by atoms with E-state index in [1.54, 1.807) is 13.1 Å². The zero-order valence-electron chi connectivity index (χ0n) is 62.3. The Morgan fingerprint density at radius 3 is 1.20 bits per heavy atom. The molecule has 0 spiro atoms. The second-order valence-electron chi connectivity index (χ2n) is 26.5. The summed E-state index contributed by atoms with van der Waals surface area (Å²) in [5.41, 5.74) is 21.4. The molecule has 0 saturated heterocycles. The van der Waals surface area contributed by atoms with E-state index in [1.165, 1.54) is 27.8 Å². The lowest BCUT2D eigenvalue weighted by atomic mass is 10.0. The van der Waals surface area contributed by atoms with Gasteiger partial charge in [-0.3, -0.25) is 30.3 Å². The minimum Gasteiger partial charge on any atom is -0.421 e. The van der Waals surface area contributed by atoms with Crippen molar-refractivity contribution in [2.75, 3.05) is 137 Å². The predicted octanol–water partition coefficient (Wildman–Crippen LogP) is 13.9. The van der Waals surface area contributed by atoms with Crippen LogP contribution in [-0.4, -0.2) is 182 Å². The molecule has 0 saturated carbocycles. The van der Waals surface area contributed by atoms with Gasteiger partial charge in [-0.25, -0.2) is 0 Å². The van der Waals surface area contributed by atoms with Crippen LogP contribution in [0.1, 0.15) is 99.9 Å².